The fourth-order valence-corrected chi connectivity index (χ4v) is 2.85. The molecule has 150 valence electrons. The van der Waals surface area contributed by atoms with Gasteiger partial charge in [-0.25, -0.2) is 0 Å². The Balaban J connectivity index is 2.08. The van der Waals surface area contributed by atoms with Gasteiger partial charge >= 0.3 is 0 Å². The quantitative estimate of drug-likeness (QED) is 0.704. The number of carbonyl (C=O) groups excluding carboxylic acids is 2. The predicted molar refractivity (Wildman–Crippen MR) is 105 cm³/mol. The molecule has 1 N–H and O–H groups in total. The minimum absolute atomic E-state index is 0.0338. The maximum absolute atomic E-state index is 12.8. The highest BCUT2D eigenvalue weighted by molar-refractivity contribution is 5.99. The van der Waals surface area contributed by atoms with Crippen LogP contribution in [0, 0.1) is 0 Å². The van der Waals surface area contributed by atoms with Gasteiger partial charge in [0.25, 0.3) is 11.8 Å². The monoisotopic (exact) mass is 377 g/mol. The highest BCUT2D eigenvalue weighted by Gasteiger charge is 2.22. The van der Waals surface area contributed by atoms with Crippen LogP contribution in [0.1, 0.15) is 37.0 Å². The standard InChI is InChI=1S/C20H31N3O4/c1-5-6-13-27-15(2)19(24)21-17-14-16(7-8-18(17)26-4)20(25)23-11-9-22(3)10-12-23/h7-8,14-15H,5-6,9-13H2,1-4H3,(H,21,24). The van der Waals surface area contributed by atoms with Gasteiger partial charge in [0.05, 0.1) is 12.8 Å². The highest BCUT2D eigenvalue weighted by Crippen LogP contribution is 2.26. The molecule has 1 saturated heterocycles. The van der Waals surface area contributed by atoms with Gasteiger partial charge in [-0.2, -0.15) is 0 Å². The molecule has 1 fully saturated rings. The number of rotatable bonds is 8. The number of amides is 2. The van der Waals surface area contributed by atoms with E-state index in [1.165, 1.54) is 7.11 Å². The predicted octanol–water partition coefficient (Wildman–Crippen LogP) is 2.23. The minimum Gasteiger partial charge on any atom is -0.495 e. The Kier molecular flexibility index (Phi) is 8.06. The number of hydrogen-bond donors (Lipinski definition) is 1. The maximum atomic E-state index is 12.8. The van der Waals surface area contributed by atoms with E-state index < -0.39 is 6.10 Å². The Morgan fingerprint density at radius 3 is 2.56 bits per heavy atom. The molecule has 0 spiro atoms. The van der Waals surface area contributed by atoms with Gasteiger partial charge in [0.15, 0.2) is 0 Å². The second-order valence-corrected chi connectivity index (χ2v) is 6.87. The smallest absolute Gasteiger partial charge is 0.254 e. The van der Waals surface area contributed by atoms with Crippen molar-refractivity contribution in [2.75, 3.05) is 52.3 Å². The summed E-state index contributed by atoms with van der Waals surface area (Å²) in [5.74, 6) is 0.223. The number of methoxy groups -OCH3 is 1. The summed E-state index contributed by atoms with van der Waals surface area (Å²) in [7, 11) is 3.58. The van der Waals surface area contributed by atoms with Gasteiger partial charge in [0, 0.05) is 38.3 Å². The van der Waals surface area contributed by atoms with Crippen LogP contribution >= 0.6 is 0 Å². The molecule has 1 aromatic rings. The molecule has 1 aliphatic rings. The number of piperazine rings is 1. The average Bonchev–Trinajstić information content (AvgIpc) is 2.68. The molecule has 1 heterocycles. The number of likely N-dealkylation sites (N-methyl/N-ethyl adjacent to an activating group) is 1. The molecule has 0 saturated carbocycles. The fraction of sp³-hybridized carbons (Fsp3) is 0.600. The molecule has 2 amide bonds. The first kappa shape index (κ1) is 21.2. The number of hydrogen-bond acceptors (Lipinski definition) is 5. The van der Waals surface area contributed by atoms with Crippen LogP contribution in [-0.2, 0) is 9.53 Å². The number of nitrogens with zero attached hydrogens (tertiary/aromatic N) is 2. The van der Waals surface area contributed by atoms with Crippen LogP contribution in [0.2, 0.25) is 0 Å². The third-order valence-corrected chi connectivity index (χ3v) is 4.73. The van der Waals surface area contributed by atoms with Gasteiger partial charge in [0.1, 0.15) is 11.9 Å². The zero-order chi connectivity index (χ0) is 19.8. The summed E-state index contributed by atoms with van der Waals surface area (Å²) in [6, 6.07) is 5.12. The van der Waals surface area contributed by atoms with Crippen molar-refractivity contribution in [2.24, 2.45) is 0 Å². The molecule has 1 atom stereocenters. The largest absolute Gasteiger partial charge is 0.495 e. The van der Waals surface area contributed by atoms with E-state index in [0.29, 0.717) is 36.7 Å². The topological polar surface area (TPSA) is 71.1 Å². The van der Waals surface area contributed by atoms with E-state index in [2.05, 4.69) is 17.1 Å². The number of benzene rings is 1. The molecule has 2 rings (SSSR count). The summed E-state index contributed by atoms with van der Waals surface area (Å²) < 4.78 is 10.9. The zero-order valence-electron chi connectivity index (χ0n) is 16.8. The normalized spacial score (nSPS) is 16.1. The van der Waals surface area contributed by atoms with E-state index >= 15 is 0 Å². The number of carbonyl (C=O) groups is 2. The van der Waals surface area contributed by atoms with Crippen molar-refractivity contribution in [3.05, 3.63) is 23.8 Å². The molecule has 1 unspecified atom stereocenters. The van der Waals surface area contributed by atoms with Crippen LogP contribution in [0.25, 0.3) is 0 Å². The molecular weight excluding hydrogens is 346 g/mol. The van der Waals surface area contributed by atoms with Crippen LogP contribution in [0.15, 0.2) is 18.2 Å². The molecule has 0 aromatic heterocycles. The molecule has 0 aliphatic carbocycles. The third-order valence-electron chi connectivity index (χ3n) is 4.73. The number of nitrogens with one attached hydrogen (secondary N) is 1. The lowest BCUT2D eigenvalue weighted by atomic mass is 10.1. The Morgan fingerprint density at radius 2 is 1.93 bits per heavy atom. The van der Waals surface area contributed by atoms with Crippen molar-refractivity contribution >= 4 is 17.5 Å². The van der Waals surface area contributed by atoms with E-state index in [4.69, 9.17) is 9.47 Å². The van der Waals surface area contributed by atoms with E-state index in [9.17, 15) is 9.59 Å². The summed E-state index contributed by atoms with van der Waals surface area (Å²) >= 11 is 0. The van der Waals surface area contributed by atoms with Crippen molar-refractivity contribution in [3.8, 4) is 5.75 Å². The molecule has 0 bridgehead atoms. The van der Waals surface area contributed by atoms with Crippen molar-refractivity contribution < 1.29 is 19.1 Å². The van der Waals surface area contributed by atoms with Gasteiger partial charge in [-0.1, -0.05) is 13.3 Å². The van der Waals surface area contributed by atoms with Crippen LogP contribution in [0.4, 0.5) is 5.69 Å². The summed E-state index contributed by atoms with van der Waals surface area (Å²) in [4.78, 5) is 29.2. The number of unbranched alkanes of at least 4 members (excludes halogenated alkanes) is 1. The van der Waals surface area contributed by atoms with E-state index in [1.54, 1.807) is 25.1 Å². The van der Waals surface area contributed by atoms with Gasteiger partial charge in [-0.15, -0.1) is 0 Å². The molecule has 27 heavy (non-hydrogen) atoms. The molecule has 7 nitrogen and oxygen atoms in total. The second-order valence-electron chi connectivity index (χ2n) is 6.87. The zero-order valence-corrected chi connectivity index (χ0v) is 16.8. The Bertz CT molecular complexity index is 642. The van der Waals surface area contributed by atoms with Crippen LogP contribution in [0.3, 0.4) is 0 Å². The number of ether oxygens (including phenoxy) is 2. The second kappa shape index (κ2) is 10.3. The first-order valence-electron chi connectivity index (χ1n) is 9.54. The first-order valence-corrected chi connectivity index (χ1v) is 9.54. The Morgan fingerprint density at radius 1 is 1.22 bits per heavy atom. The lowest BCUT2D eigenvalue weighted by molar-refractivity contribution is -0.126. The van der Waals surface area contributed by atoms with Crippen molar-refractivity contribution in [2.45, 2.75) is 32.8 Å². The third kappa shape index (κ3) is 5.94. The van der Waals surface area contributed by atoms with E-state index in [1.807, 2.05) is 11.9 Å². The lowest BCUT2D eigenvalue weighted by Gasteiger charge is -2.32. The maximum Gasteiger partial charge on any atom is 0.254 e. The molecule has 1 aliphatic heterocycles. The Hall–Kier alpha value is -2.12. The Labute approximate surface area is 161 Å². The fourth-order valence-electron chi connectivity index (χ4n) is 2.85. The van der Waals surface area contributed by atoms with Gasteiger partial charge in [-0.3, -0.25) is 9.59 Å². The summed E-state index contributed by atoms with van der Waals surface area (Å²) in [5.41, 5.74) is 1.02. The van der Waals surface area contributed by atoms with Gasteiger partial charge < -0.3 is 24.6 Å². The van der Waals surface area contributed by atoms with Crippen molar-refractivity contribution in [3.63, 3.8) is 0 Å². The molecule has 0 radical (unpaired) electrons. The van der Waals surface area contributed by atoms with Gasteiger partial charge in [0.2, 0.25) is 0 Å². The highest BCUT2D eigenvalue weighted by atomic mass is 16.5. The molecule has 7 heteroatoms. The average molecular weight is 377 g/mol. The molecule has 1 aromatic carbocycles. The molecular formula is C20H31N3O4. The van der Waals surface area contributed by atoms with Gasteiger partial charge in [-0.05, 0) is 38.6 Å². The first-order chi connectivity index (χ1) is 13.0. The SMILES string of the molecule is CCCCOC(C)C(=O)Nc1cc(C(=O)N2CCN(C)CC2)ccc1OC. The van der Waals surface area contributed by atoms with E-state index in [-0.39, 0.29) is 11.8 Å². The van der Waals surface area contributed by atoms with Crippen LogP contribution in [-0.4, -0.2) is 74.7 Å². The van der Waals surface area contributed by atoms with Crippen LogP contribution in [0.5, 0.6) is 5.75 Å². The lowest BCUT2D eigenvalue weighted by Crippen LogP contribution is -2.47. The van der Waals surface area contributed by atoms with Crippen LogP contribution < -0.4 is 10.1 Å². The van der Waals surface area contributed by atoms with Crippen molar-refractivity contribution in [1.29, 1.82) is 0 Å². The number of anilines is 1. The summed E-state index contributed by atoms with van der Waals surface area (Å²) in [5, 5.41) is 2.83. The summed E-state index contributed by atoms with van der Waals surface area (Å²) in [6.07, 6.45) is 1.35. The minimum atomic E-state index is -0.571. The van der Waals surface area contributed by atoms with Crippen molar-refractivity contribution in [1.82, 2.24) is 9.80 Å². The summed E-state index contributed by atoms with van der Waals surface area (Å²) in [6.45, 7) is 7.45. The van der Waals surface area contributed by atoms with E-state index in [0.717, 1.165) is 25.9 Å².